The number of hydrogen-bond acceptors (Lipinski definition) is 3. The Hall–Kier alpha value is -0.680. The van der Waals surface area contributed by atoms with E-state index in [9.17, 15) is 0 Å². The van der Waals surface area contributed by atoms with Gasteiger partial charge in [-0.3, -0.25) is 4.99 Å². The van der Waals surface area contributed by atoms with Gasteiger partial charge in [0.15, 0.2) is 0 Å². The SMILES string of the molecule is CCCC1=Nc2c(Br)cc(Br)cc2C2=NCCN12. The van der Waals surface area contributed by atoms with Crippen LogP contribution in [0.3, 0.4) is 0 Å². The van der Waals surface area contributed by atoms with Gasteiger partial charge in [-0.15, -0.1) is 0 Å². The summed E-state index contributed by atoms with van der Waals surface area (Å²) in [5.74, 6) is 2.22. The number of rotatable bonds is 2. The van der Waals surface area contributed by atoms with Gasteiger partial charge in [0.25, 0.3) is 0 Å². The Kier molecular flexibility index (Phi) is 3.28. The quantitative estimate of drug-likeness (QED) is 0.769. The van der Waals surface area contributed by atoms with E-state index in [4.69, 9.17) is 4.99 Å². The fourth-order valence-corrected chi connectivity index (χ4v) is 3.70. The first kappa shape index (κ1) is 12.4. The second-order valence-electron chi connectivity index (χ2n) is 4.42. The summed E-state index contributed by atoms with van der Waals surface area (Å²) in [6, 6.07) is 4.14. The van der Waals surface area contributed by atoms with Crippen LogP contribution in [0.2, 0.25) is 0 Å². The number of fused-ring (bicyclic) bond motifs is 3. The lowest BCUT2D eigenvalue weighted by Gasteiger charge is -2.28. The first-order valence-electron chi connectivity index (χ1n) is 6.09. The van der Waals surface area contributed by atoms with Gasteiger partial charge in [-0.05, 0) is 34.5 Å². The number of halogens is 2. The fraction of sp³-hybridized carbons (Fsp3) is 0.385. The summed E-state index contributed by atoms with van der Waals surface area (Å²) in [4.78, 5) is 11.7. The second-order valence-corrected chi connectivity index (χ2v) is 6.19. The van der Waals surface area contributed by atoms with Gasteiger partial charge in [0.1, 0.15) is 11.7 Å². The predicted molar refractivity (Wildman–Crippen MR) is 82.0 cm³/mol. The first-order valence-corrected chi connectivity index (χ1v) is 7.68. The Bertz CT molecular complexity index is 564. The van der Waals surface area contributed by atoms with Gasteiger partial charge in [0.2, 0.25) is 0 Å². The van der Waals surface area contributed by atoms with Crippen LogP contribution in [0.25, 0.3) is 0 Å². The maximum absolute atomic E-state index is 4.81. The molecule has 0 atom stereocenters. The van der Waals surface area contributed by atoms with Gasteiger partial charge in [0, 0.05) is 27.5 Å². The lowest BCUT2D eigenvalue weighted by Crippen LogP contribution is -2.37. The molecule has 0 aromatic heterocycles. The van der Waals surface area contributed by atoms with Crippen molar-refractivity contribution in [3.63, 3.8) is 0 Å². The summed E-state index contributed by atoms with van der Waals surface area (Å²) in [6.07, 6.45) is 2.10. The number of aliphatic imine (C=N–C) groups is 2. The van der Waals surface area contributed by atoms with Gasteiger partial charge < -0.3 is 4.90 Å². The monoisotopic (exact) mass is 369 g/mol. The average Bonchev–Trinajstić information content (AvgIpc) is 2.80. The van der Waals surface area contributed by atoms with Crippen molar-refractivity contribution in [2.75, 3.05) is 13.1 Å². The maximum atomic E-state index is 4.81. The molecule has 0 amide bonds. The van der Waals surface area contributed by atoms with Crippen LogP contribution in [-0.4, -0.2) is 29.7 Å². The van der Waals surface area contributed by atoms with Crippen molar-refractivity contribution in [3.8, 4) is 0 Å². The molecular weight excluding hydrogens is 358 g/mol. The van der Waals surface area contributed by atoms with Crippen LogP contribution in [0.15, 0.2) is 31.1 Å². The summed E-state index contributed by atoms with van der Waals surface area (Å²) < 4.78 is 2.08. The van der Waals surface area contributed by atoms with E-state index in [1.54, 1.807) is 0 Å². The number of nitrogens with zero attached hydrogens (tertiary/aromatic N) is 3. The Balaban J connectivity index is 2.19. The Labute approximate surface area is 123 Å². The molecule has 0 aliphatic carbocycles. The molecule has 0 N–H and O–H groups in total. The molecular formula is C13H13Br2N3. The van der Waals surface area contributed by atoms with E-state index >= 15 is 0 Å². The molecule has 94 valence electrons. The largest absolute Gasteiger partial charge is 0.312 e. The molecule has 0 spiro atoms. The van der Waals surface area contributed by atoms with E-state index in [0.717, 1.165) is 57.8 Å². The molecule has 0 bridgehead atoms. The molecule has 0 unspecified atom stereocenters. The minimum Gasteiger partial charge on any atom is -0.312 e. The third kappa shape index (κ3) is 1.93. The van der Waals surface area contributed by atoms with E-state index in [1.165, 1.54) is 0 Å². The van der Waals surface area contributed by atoms with E-state index < -0.39 is 0 Å². The Morgan fingerprint density at radius 1 is 1.33 bits per heavy atom. The van der Waals surface area contributed by atoms with Gasteiger partial charge in [0.05, 0.1) is 12.2 Å². The van der Waals surface area contributed by atoms with Crippen molar-refractivity contribution in [2.24, 2.45) is 9.98 Å². The van der Waals surface area contributed by atoms with Gasteiger partial charge >= 0.3 is 0 Å². The summed E-state index contributed by atoms with van der Waals surface area (Å²) in [5, 5.41) is 0. The summed E-state index contributed by atoms with van der Waals surface area (Å²) in [5.41, 5.74) is 2.13. The summed E-state index contributed by atoms with van der Waals surface area (Å²) in [6.45, 7) is 4.00. The minimum absolute atomic E-state index is 0.863. The number of amidine groups is 2. The zero-order valence-corrected chi connectivity index (χ0v) is 13.3. The second kappa shape index (κ2) is 4.78. The van der Waals surface area contributed by atoms with E-state index in [1.807, 2.05) is 6.07 Å². The Morgan fingerprint density at radius 3 is 2.94 bits per heavy atom. The lowest BCUT2D eigenvalue weighted by atomic mass is 10.1. The summed E-state index contributed by atoms with van der Waals surface area (Å²) in [7, 11) is 0. The molecule has 2 aliphatic heterocycles. The zero-order chi connectivity index (χ0) is 12.7. The average molecular weight is 371 g/mol. The van der Waals surface area contributed by atoms with Crippen molar-refractivity contribution < 1.29 is 0 Å². The van der Waals surface area contributed by atoms with Crippen LogP contribution in [-0.2, 0) is 0 Å². The highest BCUT2D eigenvalue weighted by atomic mass is 79.9. The van der Waals surface area contributed by atoms with Crippen LogP contribution in [0, 0.1) is 0 Å². The number of hydrogen-bond donors (Lipinski definition) is 0. The van der Waals surface area contributed by atoms with Crippen molar-refractivity contribution in [2.45, 2.75) is 19.8 Å². The molecule has 0 fully saturated rings. The third-order valence-electron chi connectivity index (χ3n) is 3.14. The fourth-order valence-electron chi connectivity index (χ4n) is 2.38. The first-order chi connectivity index (χ1) is 8.70. The highest BCUT2D eigenvalue weighted by Crippen LogP contribution is 2.38. The van der Waals surface area contributed by atoms with Crippen LogP contribution in [0.1, 0.15) is 25.3 Å². The van der Waals surface area contributed by atoms with Crippen LogP contribution in [0.5, 0.6) is 0 Å². The van der Waals surface area contributed by atoms with Crippen LogP contribution in [0.4, 0.5) is 5.69 Å². The summed E-state index contributed by atoms with van der Waals surface area (Å²) >= 11 is 7.13. The molecule has 3 rings (SSSR count). The predicted octanol–water partition coefficient (Wildman–Crippen LogP) is 4.12. The van der Waals surface area contributed by atoms with Crippen molar-refractivity contribution in [1.29, 1.82) is 0 Å². The molecule has 0 saturated heterocycles. The number of benzene rings is 1. The van der Waals surface area contributed by atoms with Crippen molar-refractivity contribution >= 4 is 49.2 Å². The van der Waals surface area contributed by atoms with Gasteiger partial charge in [-0.25, -0.2) is 4.99 Å². The molecule has 1 aromatic rings. The van der Waals surface area contributed by atoms with Crippen molar-refractivity contribution in [1.82, 2.24) is 4.90 Å². The van der Waals surface area contributed by atoms with Crippen LogP contribution >= 0.6 is 31.9 Å². The lowest BCUT2D eigenvalue weighted by molar-refractivity contribution is 0.638. The van der Waals surface area contributed by atoms with Crippen molar-refractivity contribution in [3.05, 3.63) is 26.6 Å². The topological polar surface area (TPSA) is 28.0 Å². The smallest absolute Gasteiger partial charge is 0.138 e. The van der Waals surface area contributed by atoms with E-state index in [-0.39, 0.29) is 0 Å². The Morgan fingerprint density at radius 2 is 2.17 bits per heavy atom. The van der Waals surface area contributed by atoms with E-state index in [0.29, 0.717) is 0 Å². The molecule has 2 heterocycles. The molecule has 5 heteroatoms. The third-order valence-corrected chi connectivity index (χ3v) is 4.20. The zero-order valence-electron chi connectivity index (χ0n) is 10.1. The molecule has 0 radical (unpaired) electrons. The van der Waals surface area contributed by atoms with Crippen LogP contribution < -0.4 is 0 Å². The van der Waals surface area contributed by atoms with E-state index in [2.05, 4.69) is 54.7 Å². The molecule has 1 aromatic carbocycles. The highest BCUT2D eigenvalue weighted by Gasteiger charge is 2.29. The molecule has 2 aliphatic rings. The molecule has 0 saturated carbocycles. The minimum atomic E-state index is 0.863. The normalized spacial score (nSPS) is 17.2. The van der Waals surface area contributed by atoms with Gasteiger partial charge in [-0.2, -0.15) is 0 Å². The highest BCUT2D eigenvalue weighted by molar-refractivity contribution is 9.11. The molecule has 18 heavy (non-hydrogen) atoms. The molecule has 3 nitrogen and oxygen atoms in total. The van der Waals surface area contributed by atoms with Gasteiger partial charge in [-0.1, -0.05) is 22.9 Å². The standard InChI is InChI=1S/C13H13Br2N3/c1-2-3-11-17-12-9(6-8(14)7-10(12)15)13-16-4-5-18(11)13/h6-7H,2-5H2,1H3. The maximum Gasteiger partial charge on any atom is 0.138 e.